The molecule has 0 fully saturated rings. The Morgan fingerprint density at radius 1 is 1.47 bits per heavy atom. The Labute approximate surface area is 98.8 Å². The molecule has 0 radical (unpaired) electrons. The molecule has 2 aromatic rings. The molecular formula is C11H14N4O2. The highest BCUT2D eigenvalue weighted by Gasteiger charge is 2.15. The zero-order chi connectivity index (χ0) is 12.4. The van der Waals surface area contributed by atoms with E-state index in [4.69, 9.17) is 4.74 Å². The molecule has 90 valence electrons. The van der Waals surface area contributed by atoms with Gasteiger partial charge >= 0.3 is 5.97 Å². The second-order valence-electron chi connectivity index (χ2n) is 3.75. The summed E-state index contributed by atoms with van der Waals surface area (Å²) in [4.78, 5) is 17.8. The van der Waals surface area contributed by atoms with Crippen LogP contribution in [0.2, 0.25) is 0 Å². The van der Waals surface area contributed by atoms with Gasteiger partial charge in [-0.05, 0) is 6.92 Å². The quantitative estimate of drug-likeness (QED) is 0.741. The Morgan fingerprint density at radius 2 is 2.24 bits per heavy atom. The fourth-order valence-corrected chi connectivity index (χ4v) is 1.45. The number of hydrogen-bond acceptors (Lipinski definition) is 5. The fraction of sp³-hybridized carbons (Fsp3) is 0.364. The Balaban J connectivity index is 2.45. The third kappa shape index (κ3) is 2.06. The van der Waals surface area contributed by atoms with Crippen LogP contribution < -0.4 is 4.90 Å². The zero-order valence-corrected chi connectivity index (χ0v) is 10.0. The molecule has 2 rings (SSSR count). The molecule has 0 atom stereocenters. The predicted octanol–water partition coefficient (Wildman–Crippen LogP) is 0.972. The van der Waals surface area contributed by atoms with E-state index in [1.165, 1.54) is 6.20 Å². The highest BCUT2D eigenvalue weighted by molar-refractivity contribution is 5.95. The first-order valence-electron chi connectivity index (χ1n) is 5.31. The van der Waals surface area contributed by atoms with Crippen molar-refractivity contribution in [3.63, 3.8) is 0 Å². The molecule has 0 aliphatic rings. The van der Waals surface area contributed by atoms with Crippen LogP contribution in [0.3, 0.4) is 0 Å². The van der Waals surface area contributed by atoms with Gasteiger partial charge in [-0.2, -0.15) is 5.10 Å². The lowest BCUT2D eigenvalue weighted by molar-refractivity contribution is 0.0528. The van der Waals surface area contributed by atoms with Crippen LogP contribution in [0, 0.1) is 0 Å². The summed E-state index contributed by atoms with van der Waals surface area (Å²) < 4.78 is 6.50. The lowest BCUT2D eigenvalue weighted by Gasteiger charge is -2.11. The monoisotopic (exact) mass is 234 g/mol. The minimum atomic E-state index is -0.396. The van der Waals surface area contributed by atoms with Crippen molar-refractivity contribution in [3.05, 3.63) is 24.2 Å². The summed E-state index contributed by atoms with van der Waals surface area (Å²) >= 11 is 0. The third-order valence-electron chi connectivity index (χ3n) is 2.35. The summed E-state index contributed by atoms with van der Waals surface area (Å²) in [5.74, 6) is -0.396. The molecule has 0 aromatic carbocycles. The van der Waals surface area contributed by atoms with Crippen molar-refractivity contribution in [2.75, 3.05) is 25.6 Å². The number of fused-ring (bicyclic) bond motifs is 1. The van der Waals surface area contributed by atoms with E-state index in [9.17, 15) is 4.79 Å². The number of aromatic nitrogens is 3. The maximum Gasteiger partial charge on any atom is 0.343 e. The first kappa shape index (κ1) is 11.4. The number of nitrogens with zero attached hydrogens (tertiary/aromatic N) is 4. The van der Waals surface area contributed by atoms with Crippen LogP contribution >= 0.6 is 0 Å². The van der Waals surface area contributed by atoms with Crippen LogP contribution in [0.1, 0.15) is 17.3 Å². The molecule has 0 N–H and O–H groups in total. The van der Waals surface area contributed by atoms with Gasteiger partial charge in [-0.3, -0.25) is 0 Å². The SMILES string of the molecule is CCOC(=O)c1cnn2cc(N(C)C)cnc12. The molecule has 6 heteroatoms. The van der Waals surface area contributed by atoms with Gasteiger partial charge in [-0.15, -0.1) is 0 Å². The van der Waals surface area contributed by atoms with Gasteiger partial charge in [0.2, 0.25) is 0 Å². The molecule has 0 unspecified atom stereocenters. The van der Waals surface area contributed by atoms with Gasteiger partial charge in [0.25, 0.3) is 0 Å². The number of carbonyl (C=O) groups excluding carboxylic acids is 1. The molecule has 2 aromatic heterocycles. The zero-order valence-electron chi connectivity index (χ0n) is 10.0. The highest BCUT2D eigenvalue weighted by Crippen LogP contribution is 2.14. The molecular weight excluding hydrogens is 220 g/mol. The van der Waals surface area contributed by atoms with Crippen LogP contribution in [-0.2, 0) is 4.74 Å². The Morgan fingerprint density at radius 3 is 2.88 bits per heavy atom. The predicted molar refractivity (Wildman–Crippen MR) is 63.3 cm³/mol. The number of rotatable bonds is 3. The molecule has 17 heavy (non-hydrogen) atoms. The summed E-state index contributed by atoms with van der Waals surface area (Å²) in [7, 11) is 3.83. The molecule has 0 spiro atoms. The van der Waals surface area contributed by atoms with Crippen LogP contribution in [0.15, 0.2) is 18.6 Å². The average Bonchev–Trinajstić information content (AvgIpc) is 2.71. The van der Waals surface area contributed by atoms with Gasteiger partial charge in [0.05, 0.1) is 30.9 Å². The number of hydrogen-bond donors (Lipinski definition) is 0. The van der Waals surface area contributed by atoms with E-state index < -0.39 is 5.97 Å². The Kier molecular flexibility index (Phi) is 2.95. The van der Waals surface area contributed by atoms with Crippen molar-refractivity contribution in [2.45, 2.75) is 6.92 Å². The smallest absolute Gasteiger partial charge is 0.343 e. The molecule has 0 saturated heterocycles. The van der Waals surface area contributed by atoms with Crippen molar-refractivity contribution >= 4 is 17.3 Å². The van der Waals surface area contributed by atoms with Crippen molar-refractivity contribution in [2.24, 2.45) is 0 Å². The maximum atomic E-state index is 11.6. The summed E-state index contributed by atoms with van der Waals surface area (Å²) in [6.45, 7) is 2.10. The maximum absolute atomic E-state index is 11.6. The topological polar surface area (TPSA) is 59.7 Å². The number of anilines is 1. The first-order valence-corrected chi connectivity index (χ1v) is 5.31. The second kappa shape index (κ2) is 4.40. The van der Waals surface area contributed by atoms with Gasteiger partial charge in [0, 0.05) is 14.1 Å². The van der Waals surface area contributed by atoms with E-state index >= 15 is 0 Å². The number of carbonyl (C=O) groups is 1. The summed E-state index contributed by atoms with van der Waals surface area (Å²) in [6, 6.07) is 0. The largest absolute Gasteiger partial charge is 0.462 e. The van der Waals surface area contributed by atoms with Crippen LogP contribution in [0.4, 0.5) is 5.69 Å². The van der Waals surface area contributed by atoms with E-state index in [0.29, 0.717) is 17.8 Å². The van der Waals surface area contributed by atoms with E-state index in [-0.39, 0.29) is 0 Å². The van der Waals surface area contributed by atoms with Crippen molar-refractivity contribution < 1.29 is 9.53 Å². The molecule has 0 amide bonds. The molecule has 2 heterocycles. The first-order chi connectivity index (χ1) is 8.13. The van der Waals surface area contributed by atoms with Crippen molar-refractivity contribution in [1.29, 1.82) is 0 Å². The Bertz CT molecular complexity index is 547. The number of ether oxygens (including phenoxy) is 1. The van der Waals surface area contributed by atoms with Crippen LogP contribution in [0.25, 0.3) is 5.65 Å². The number of esters is 1. The fourth-order valence-electron chi connectivity index (χ4n) is 1.45. The van der Waals surface area contributed by atoms with Crippen molar-refractivity contribution in [3.8, 4) is 0 Å². The summed E-state index contributed by atoms with van der Waals surface area (Å²) in [5.41, 5.74) is 1.81. The molecule has 0 saturated carbocycles. The van der Waals surface area contributed by atoms with Crippen molar-refractivity contribution in [1.82, 2.24) is 14.6 Å². The van der Waals surface area contributed by atoms with Gasteiger partial charge in [-0.25, -0.2) is 14.3 Å². The third-order valence-corrected chi connectivity index (χ3v) is 2.35. The van der Waals surface area contributed by atoms with Crippen LogP contribution in [0.5, 0.6) is 0 Å². The minimum absolute atomic E-state index is 0.339. The second-order valence-corrected chi connectivity index (χ2v) is 3.75. The van der Waals surface area contributed by atoms with Gasteiger partial charge in [-0.1, -0.05) is 0 Å². The summed E-state index contributed by atoms with van der Waals surface area (Å²) in [6.07, 6.45) is 4.98. The lowest BCUT2D eigenvalue weighted by atomic mass is 10.3. The van der Waals surface area contributed by atoms with E-state index in [1.807, 2.05) is 25.2 Å². The molecule has 0 aliphatic heterocycles. The molecule has 6 nitrogen and oxygen atoms in total. The molecule has 0 aliphatic carbocycles. The normalized spacial score (nSPS) is 10.5. The standard InChI is InChI=1S/C11H14N4O2/c1-4-17-11(16)9-6-13-15-7-8(14(2)3)5-12-10(9)15/h5-7H,4H2,1-3H3. The lowest BCUT2D eigenvalue weighted by Crippen LogP contribution is -2.10. The van der Waals surface area contributed by atoms with Gasteiger partial charge < -0.3 is 9.64 Å². The van der Waals surface area contributed by atoms with Gasteiger partial charge in [0.1, 0.15) is 5.56 Å². The van der Waals surface area contributed by atoms with Gasteiger partial charge in [0.15, 0.2) is 5.65 Å². The summed E-state index contributed by atoms with van der Waals surface area (Å²) in [5, 5.41) is 4.09. The minimum Gasteiger partial charge on any atom is -0.462 e. The van der Waals surface area contributed by atoms with E-state index in [2.05, 4.69) is 10.1 Å². The Hall–Kier alpha value is -2.11. The highest BCUT2D eigenvalue weighted by atomic mass is 16.5. The van der Waals surface area contributed by atoms with E-state index in [0.717, 1.165) is 5.69 Å². The van der Waals surface area contributed by atoms with Crippen LogP contribution in [-0.4, -0.2) is 41.3 Å². The molecule has 0 bridgehead atoms. The van der Waals surface area contributed by atoms with E-state index in [1.54, 1.807) is 17.6 Å². The average molecular weight is 234 g/mol.